The SMILES string of the molecule is [CH]C1C[C@@H]2CCC(C)C(C)[C@@H]2C1. The summed E-state index contributed by atoms with van der Waals surface area (Å²) in [4.78, 5) is 0. The first-order valence-corrected chi connectivity index (χ1v) is 5.44. The van der Waals surface area contributed by atoms with Gasteiger partial charge in [0.15, 0.2) is 0 Å². The summed E-state index contributed by atoms with van der Waals surface area (Å²) in [6.45, 7) is 10.8. The van der Waals surface area contributed by atoms with Crippen molar-refractivity contribution >= 4 is 0 Å². The molecule has 2 saturated carbocycles. The number of rotatable bonds is 0. The van der Waals surface area contributed by atoms with Gasteiger partial charge in [-0.2, -0.15) is 0 Å². The van der Waals surface area contributed by atoms with Crippen molar-refractivity contribution in [3.63, 3.8) is 0 Å². The van der Waals surface area contributed by atoms with Crippen LogP contribution in [0.2, 0.25) is 0 Å². The van der Waals surface area contributed by atoms with Crippen molar-refractivity contribution in [1.29, 1.82) is 0 Å². The summed E-state index contributed by atoms with van der Waals surface area (Å²) in [5.41, 5.74) is 0. The average molecular weight is 164 g/mol. The Morgan fingerprint density at radius 3 is 2.58 bits per heavy atom. The molecule has 2 aliphatic carbocycles. The highest BCUT2D eigenvalue weighted by Gasteiger charge is 2.40. The molecule has 0 aromatic rings. The van der Waals surface area contributed by atoms with Gasteiger partial charge < -0.3 is 0 Å². The lowest BCUT2D eigenvalue weighted by atomic mass is 9.69. The fourth-order valence-corrected chi connectivity index (χ4v) is 3.34. The largest absolute Gasteiger partial charge is 0.0622 e. The van der Waals surface area contributed by atoms with Crippen LogP contribution in [0.1, 0.15) is 39.5 Å². The normalized spacial score (nSPS) is 53.8. The van der Waals surface area contributed by atoms with Crippen molar-refractivity contribution in [2.24, 2.45) is 29.6 Å². The Bertz CT molecular complexity index is 159. The van der Waals surface area contributed by atoms with Crippen LogP contribution >= 0.6 is 0 Å². The third kappa shape index (κ3) is 1.30. The number of fused-ring (bicyclic) bond motifs is 1. The van der Waals surface area contributed by atoms with Gasteiger partial charge in [0.25, 0.3) is 0 Å². The minimum absolute atomic E-state index is 0.521. The van der Waals surface area contributed by atoms with Gasteiger partial charge in [-0.3, -0.25) is 0 Å². The highest BCUT2D eigenvalue weighted by atomic mass is 14.4. The zero-order valence-electron chi connectivity index (χ0n) is 8.29. The van der Waals surface area contributed by atoms with E-state index in [0.717, 1.165) is 23.7 Å². The molecule has 0 nitrogen and oxygen atoms in total. The summed E-state index contributed by atoms with van der Waals surface area (Å²) in [5.74, 6) is 4.33. The first kappa shape index (κ1) is 8.59. The zero-order chi connectivity index (χ0) is 8.72. The molecule has 2 aliphatic rings. The van der Waals surface area contributed by atoms with E-state index in [-0.39, 0.29) is 0 Å². The highest BCUT2D eigenvalue weighted by Crippen LogP contribution is 2.49. The van der Waals surface area contributed by atoms with E-state index in [2.05, 4.69) is 13.8 Å². The molecule has 5 atom stereocenters. The van der Waals surface area contributed by atoms with Crippen LogP contribution in [-0.2, 0) is 0 Å². The molecule has 0 heteroatoms. The third-order valence-electron chi connectivity index (χ3n) is 4.35. The monoisotopic (exact) mass is 164 g/mol. The summed E-state index contributed by atoms with van der Waals surface area (Å²) in [6.07, 6.45) is 5.50. The van der Waals surface area contributed by atoms with Gasteiger partial charge in [-0.25, -0.2) is 0 Å². The summed E-state index contributed by atoms with van der Waals surface area (Å²) in [6, 6.07) is 0. The predicted molar refractivity (Wildman–Crippen MR) is 51.6 cm³/mol. The third-order valence-corrected chi connectivity index (χ3v) is 4.35. The maximum absolute atomic E-state index is 6.00. The molecule has 0 aliphatic heterocycles. The minimum Gasteiger partial charge on any atom is -0.0622 e. The molecule has 0 heterocycles. The van der Waals surface area contributed by atoms with Crippen LogP contribution in [0, 0.1) is 36.5 Å². The second-order valence-electron chi connectivity index (χ2n) is 5.07. The lowest BCUT2D eigenvalue weighted by molar-refractivity contribution is 0.137. The van der Waals surface area contributed by atoms with Gasteiger partial charge in [0.05, 0.1) is 0 Å². The first-order valence-electron chi connectivity index (χ1n) is 5.44. The van der Waals surface area contributed by atoms with Crippen molar-refractivity contribution in [1.82, 2.24) is 0 Å². The Morgan fingerprint density at radius 2 is 1.83 bits per heavy atom. The number of hydrogen-bond acceptors (Lipinski definition) is 0. The Kier molecular flexibility index (Phi) is 2.18. The van der Waals surface area contributed by atoms with E-state index in [0.29, 0.717) is 5.92 Å². The molecule has 3 unspecified atom stereocenters. The van der Waals surface area contributed by atoms with Crippen LogP contribution in [0.25, 0.3) is 0 Å². The summed E-state index contributed by atoms with van der Waals surface area (Å²) < 4.78 is 0. The lowest BCUT2D eigenvalue weighted by Gasteiger charge is -2.36. The standard InChI is InChI=1S/C12H20/c1-8-6-11-5-4-9(2)10(3)12(11)7-8/h1,8-12H,4-7H2,2-3H3/t8?,9?,10?,11-,12-/m0/s1. The van der Waals surface area contributed by atoms with Gasteiger partial charge in [-0.15, -0.1) is 0 Å². The summed E-state index contributed by atoms with van der Waals surface area (Å²) in [7, 11) is 0. The van der Waals surface area contributed by atoms with Crippen LogP contribution in [0.15, 0.2) is 0 Å². The van der Waals surface area contributed by atoms with E-state index in [4.69, 9.17) is 6.92 Å². The Morgan fingerprint density at radius 1 is 1.08 bits per heavy atom. The van der Waals surface area contributed by atoms with E-state index in [1.54, 1.807) is 0 Å². The molecular weight excluding hydrogens is 144 g/mol. The summed E-state index contributed by atoms with van der Waals surface area (Å²) >= 11 is 0. The van der Waals surface area contributed by atoms with Crippen LogP contribution in [0.4, 0.5) is 0 Å². The van der Waals surface area contributed by atoms with Crippen molar-refractivity contribution < 1.29 is 0 Å². The average Bonchev–Trinajstić information content (AvgIpc) is 2.39. The van der Waals surface area contributed by atoms with Gasteiger partial charge in [-0.1, -0.05) is 20.3 Å². The molecule has 0 aromatic carbocycles. The first-order chi connectivity index (χ1) is 5.68. The molecule has 2 rings (SSSR count). The van der Waals surface area contributed by atoms with Crippen LogP contribution < -0.4 is 0 Å². The van der Waals surface area contributed by atoms with E-state index < -0.39 is 0 Å². The Labute approximate surface area is 76.7 Å². The topological polar surface area (TPSA) is 0 Å². The van der Waals surface area contributed by atoms with Gasteiger partial charge in [-0.05, 0) is 55.8 Å². The summed E-state index contributed by atoms with van der Waals surface area (Å²) in [5, 5.41) is 0. The molecule has 12 heavy (non-hydrogen) atoms. The maximum Gasteiger partial charge on any atom is -0.0318 e. The molecule has 0 saturated heterocycles. The van der Waals surface area contributed by atoms with Crippen molar-refractivity contribution in [3.05, 3.63) is 6.92 Å². The lowest BCUT2D eigenvalue weighted by Crippen LogP contribution is -2.28. The fourth-order valence-electron chi connectivity index (χ4n) is 3.34. The van der Waals surface area contributed by atoms with E-state index in [1.807, 2.05) is 0 Å². The maximum atomic E-state index is 6.00. The van der Waals surface area contributed by atoms with Crippen LogP contribution in [-0.4, -0.2) is 0 Å². The van der Waals surface area contributed by atoms with Gasteiger partial charge in [0, 0.05) is 0 Å². The molecule has 0 N–H and O–H groups in total. The molecule has 0 amide bonds. The minimum atomic E-state index is 0.521. The van der Waals surface area contributed by atoms with Crippen LogP contribution in [0.3, 0.4) is 0 Å². The number of hydrogen-bond donors (Lipinski definition) is 0. The van der Waals surface area contributed by atoms with E-state index in [9.17, 15) is 0 Å². The zero-order valence-corrected chi connectivity index (χ0v) is 8.29. The van der Waals surface area contributed by atoms with Gasteiger partial charge in [0.2, 0.25) is 0 Å². The van der Waals surface area contributed by atoms with Crippen LogP contribution in [0.5, 0.6) is 0 Å². The molecule has 2 radical (unpaired) electrons. The highest BCUT2D eigenvalue weighted by molar-refractivity contribution is 4.91. The Hall–Kier alpha value is 0. The quantitative estimate of drug-likeness (QED) is 0.514. The second kappa shape index (κ2) is 3.05. The fraction of sp³-hybridized carbons (Fsp3) is 0.917. The molecule has 68 valence electrons. The van der Waals surface area contributed by atoms with E-state index >= 15 is 0 Å². The van der Waals surface area contributed by atoms with Crippen molar-refractivity contribution in [2.75, 3.05) is 0 Å². The Balaban J connectivity index is 2.06. The molecule has 0 aromatic heterocycles. The molecular formula is C12H20. The van der Waals surface area contributed by atoms with Crippen molar-refractivity contribution in [2.45, 2.75) is 39.5 Å². The van der Waals surface area contributed by atoms with Crippen molar-refractivity contribution in [3.8, 4) is 0 Å². The second-order valence-corrected chi connectivity index (χ2v) is 5.07. The predicted octanol–water partition coefficient (Wildman–Crippen LogP) is 3.41. The molecule has 2 fully saturated rings. The van der Waals surface area contributed by atoms with E-state index in [1.165, 1.54) is 25.7 Å². The molecule has 0 bridgehead atoms. The molecule has 0 spiro atoms. The smallest absolute Gasteiger partial charge is 0.0318 e. The van der Waals surface area contributed by atoms with Gasteiger partial charge >= 0.3 is 0 Å². The van der Waals surface area contributed by atoms with Gasteiger partial charge in [0.1, 0.15) is 0 Å².